The molecule has 0 bridgehead atoms. The van der Waals surface area contributed by atoms with Gasteiger partial charge in [-0.1, -0.05) is 0 Å². The van der Waals surface area contributed by atoms with E-state index in [1.807, 2.05) is 24.4 Å². The van der Waals surface area contributed by atoms with Crippen molar-refractivity contribution in [1.29, 1.82) is 0 Å². The molecule has 10 heteroatoms. The smallest absolute Gasteiger partial charge is 0.181 e. The molecule has 1 saturated heterocycles. The molecule has 1 fully saturated rings. The molecule has 0 radical (unpaired) electrons. The Morgan fingerprint density at radius 3 is 2.78 bits per heavy atom. The normalized spacial score (nSPS) is 14.6. The number of hydrogen-bond donors (Lipinski definition) is 3. The molecule has 7 heterocycles. The number of fused-ring (bicyclic) bond motifs is 2. The van der Waals surface area contributed by atoms with Crippen LogP contribution in [0.4, 0.5) is 0 Å². The number of nitrogens with one attached hydrogen (secondary N) is 3. The molecule has 0 unspecified atom stereocenters. The fourth-order valence-electron chi connectivity index (χ4n) is 4.65. The van der Waals surface area contributed by atoms with Crippen molar-refractivity contribution in [2.45, 2.75) is 18.9 Å². The molecule has 0 aromatic carbocycles. The third-order valence-electron chi connectivity index (χ3n) is 6.48. The predicted octanol–water partition coefficient (Wildman–Crippen LogP) is 4.35. The van der Waals surface area contributed by atoms with Gasteiger partial charge in [0.25, 0.3) is 0 Å². The first-order valence-electron chi connectivity index (χ1n) is 11.9. The average Bonchev–Trinajstić information content (AvgIpc) is 3.68. The minimum atomic E-state index is 0.207. The standard InChI is InChI=1S/C26H22N8O2/c1-5-27-6-2-18(1)36-19-9-16(11-28-13-19)17-10-20-23(33-34-25(20)30-12-17)26-31-21-3-7-29-22(24(21)32-26)15-4-8-35-14-15/h3-4,7-14,18,27H,1-2,5-6H2,(H,31,32)(H,30,33,34). The molecule has 0 amide bonds. The Hall–Kier alpha value is -4.57. The van der Waals surface area contributed by atoms with Crippen LogP contribution in [0.3, 0.4) is 0 Å². The van der Waals surface area contributed by atoms with Crippen LogP contribution in [0.15, 0.2) is 66.0 Å². The molecule has 1 aliphatic rings. The van der Waals surface area contributed by atoms with Gasteiger partial charge in [-0.2, -0.15) is 5.10 Å². The highest BCUT2D eigenvalue weighted by Gasteiger charge is 2.18. The number of hydrogen-bond acceptors (Lipinski definition) is 8. The number of piperidine rings is 1. The summed E-state index contributed by atoms with van der Waals surface area (Å²) in [4.78, 5) is 21.7. The van der Waals surface area contributed by atoms with Gasteiger partial charge in [-0.25, -0.2) is 9.97 Å². The number of aromatic nitrogens is 7. The maximum absolute atomic E-state index is 6.19. The molecule has 178 valence electrons. The van der Waals surface area contributed by atoms with E-state index in [4.69, 9.17) is 14.1 Å². The van der Waals surface area contributed by atoms with E-state index in [0.717, 1.165) is 76.2 Å². The van der Waals surface area contributed by atoms with Crippen molar-refractivity contribution in [3.8, 4) is 39.7 Å². The highest BCUT2D eigenvalue weighted by atomic mass is 16.5. The van der Waals surface area contributed by atoms with E-state index in [-0.39, 0.29) is 6.10 Å². The summed E-state index contributed by atoms with van der Waals surface area (Å²) in [6, 6.07) is 7.84. The van der Waals surface area contributed by atoms with Crippen LogP contribution in [-0.2, 0) is 0 Å². The molecule has 3 N–H and O–H groups in total. The highest BCUT2D eigenvalue weighted by Crippen LogP contribution is 2.32. The van der Waals surface area contributed by atoms with E-state index in [1.54, 1.807) is 31.1 Å². The number of pyridine rings is 3. The average molecular weight is 479 g/mol. The SMILES string of the molecule is c1cc2[nH]c(-c3[nH]nc4ncc(-c5cncc(OC6CCNCC6)c5)cc34)nc2c(-c2ccoc2)n1. The Kier molecular flexibility index (Phi) is 4.95. The Morgan fingerprint density at radius 1 is 0.972 bits per heavy atom. The number of furan rings is 1. The first-order valence-corrected chi connectivity index (χ1v) is 11.9. The van der Waals surface area contributed by atoms with Gasteiger partial charge >= 0.3 is 0 Å². The fourth-order valence-corrected chi connectivity index (χ4v) is 4.65. The molecule has 7 rings (SSSR count). The monoisotopic (exact) mass is 478 g/mol. The number of H-pyrrole nitrogens is 2. The van der Waals surface area contributed by atoms with Crippen LogP contribution in [0.2, 0.25) is 0 Å². The summed E-state index contributed by atoms with van der Waals surface area (Å²) in [5.41, 5.74) is 6.47. The number of imidazole rings is 1. The molecule has 10 nitrogen and oxygen atoms in total. The topological polar surface area (TPSA) is 130 Å². The summed E-state index contributed by atoms with van der Waals surface area (Å²) in [5, 5.41) is 11.7. The number of ether oxygens (including phenoxy) is 1. The number of aromatic amines is 2. The third kappa shape index (κ3) is 3.68. The molecule has 0 saturated carbocycles. The van der Waals surface area contributed by atoms with Crippen LogP contribution in [-0.4, -0.2) is 54.3 Å². The van der Waals surface area contributed by atoms with E-state index in [0.29, 0.717) is 11.5 Å². The molecule has 6 aromatic heterocycles. The van der Waals surface area contributed by atoms with Crippen molar-refractivity contribution in [3.05, 3.63) is 61.6 Å². The lowest BCUT2D eigenvalue weighted by Crippen LogP contribution is -2.34. The maximum atomic E-state index is 6.19. The number of nitrogens with zero attached hydrogens (tertiary/aromatic N) is 5. The molecular weight excluding hydrogens is 456 g/mol. The summed E-state index contributed by atoms with van der Waals surface area (Å²) in [6.07, 6.45) is 12.6. The molecule has 36 heavy (non-hydrogen) atoms. The van der Waals surface area contributed by atoms with Crippen LogP contribution >= 0.6 is 0 Å². The van der Waals surface area contributed by atoms with E-state index in [1.165, 1.54) is 0 Å². The molecule has 0 aliphatic carbocycles. The maximum Gasteiger partial charge on any atom is 0.181 e. The Bertz CT molecular complexity index is 1660. The molecular formula is C26H22N8O2. The van der Waals surface area contributed by atoms with Gasteiger partial charge in [-0.05, 0) is 50.2 Å². The predicted molar refractivity (Wildman–Crippen MR) is 134 cm³/mol. The van der Waals surface area contributed by atoms with Crippen LogP contribution < -0.4 is 10.1 Å². The number of rotatable bonds is 5. The summed E-state index contributed by atoms with van der Waals surface area (Å²) in [5.74, 6) is 1.42. The van der Waals surface area contributed by atoms with Gasteiger partial charge in [0.15, 0.2) is 11.5 Å². The summed E-state index contributed by atoms with van der Waals surface area (Å²) in [6.45, 7) is 1.95. The quantitative estimate of drug-likeness (QED) is 0.333. The molecule has 0 spiro atoms. The zero-order valence-corrected chi connectivity index (χ0v) is 19.2. The second-order valence-electron chi connectivity index (χ2n) is 8.82. The highest BCUT2D eigenvalue weighted by molar-refractivity contribution is 5.96. The van der Waals surface area contributed by atoms with E-state index < -0.39 is 0 Å². The molecule has 0 atom stereocenters. The first-order chi connectivity index (χ1) is 17.8. The van der Waals surface area contributed by atoms with Crippen molar-refractivity contribution in [3.63, 3.8) is 0 Å². The lowest BCUT2D eigenvalue weighted by molar-refractivity contribution is 0.162. The lowest BCUT2D eigenvalue weighted by Gasteiger charge is -2.23. The van der Waals surface area contributed by atoms with Crippen molar-refractivity contribution in [1.82, 2.24) is 40.4 Å². The van der Waals surface area contributed by atoms with Crippen molar-refractivity contribution in [2.24, 2.45) is 0 Å². The van der Waals surface area contributed by atoms with E-state index in [2.05, 4.69) is 41.5 Å². The largest absolute Gasteiger partial charge is 0.489 e. The molecule has 1 aliphatic heterocycles. The second kappa shape index (κ2) is 8.58. The Labute approximate surface area is 205 Å². The summed E-state index contributed by atoms with van der Waals surface area (Å²) >= 11 is 0. The second-order valence-corrected chi connectivity index (χ2v) is 8.82. The third-order valence-corrected chi connectivity index (χ3v) is 6.48. The van der Waals surface area contributed by atoms with Crippen molar-refractivity contribution < 1.29 is 9.15 Å². The minimum absolute atomic E-state index is 0.207. The van der Waals surface area contributed by atoms with Gasteiger partial charge in [0.1, 0.15) is 28.8 Å². The van der Waals surface area contributed by atoms with Crippen LogP contribution in [0.5, 0.6) is 5.75 Å². The fraction of sp³-hybridized carbons (Fsp3) is 0.192. The molecule has 6 aromatic rings. The lowest BCUT2D eigenvalue weighted by atomic mass is 10.1. The van der Waals surface area contributed by atoms with Crippen LogP contribution in [0.25, 0.3) is 56.0 Å². The Balaban J connectivity index is 1.26. The minimum Gasteiger partial charge on any atom is -0.489 e. The zero-order valence-electron chi connectivity index (χ0n) is 19.2. The van der Waals surface area contributed by atoms with Gasteiger partial charge < -0.3 is 19.5 Å². The van der Waals surface area contributed by atoms with Gasteiger partial charge in [0, 0.05) is 35.3 Å². The van der Waals surface area contributed by atoms with E-state index >= 15 is 0 Å². The van der Waals surface area contributed by atoms with Crippen LogP contribution in [0.1, 0.15) is 12.8 Å². The van der Waals surface area contributed by atoms with Crippen molar-refractivity contribution in [2.75, 3.05) is 13.1 Å². The van der Waals surface area contributed by atoms with Gasteiger partial charge in [-0.3, -0.25) is 15.1 Å². The van der Waals surface area contributed by atoms with Crippen LogP contribution in [0, 0.1) is 0 Å². The van der Waals surface area contributed by atoms with Crippen molar-refractivity contribution >= 4 is 22.1 Å². The summed E-state index contributed by atoms with van der Waals surface area (Å²) < 4.78 is 11.4. The van der Waals surface area contributed by atoms with Gasteiger partial charge in [0.05, 0.1) is 29.6 Å². The Morgan fingerprint density at radius 2 is 1.89 bits per heavy atom. The first kappa shape index (κ1) is 20.8. The van der Waals surface area contributed by atoms with Gasteiger partial charge in [0.2, 0.25) is 0 Å². The van der Waals surface area contributed by atoms with E-state index in [9.17, 15) is 0 Å². The summed E-state index contributed by atoms with van der Waals surface area (Å²) in [7, 11) is 0. The van der Waals surface area contributed by atoms with Gasteiger partial charge in [-0.15, -0.1) is 0 Å². The zero-order chi connectivity index (χ0) is 23.9.